The Morgan fingerprint density at radius 3 is 2.60 bits per heavy atom. The molecule has 0 aliphatic heterocycles. The van der Waals surface area contributed by atoms with E-state index < -0.39 is 0 Å². The second-order valence-corrected chi connectivity index (χ2v) is 4.95. The van der Waals surface area contributed by atoms with Crippen molar-refractivity contribution >= 4 is 0 Å². The quantitative estimate of drug-likeness (QED) is 0.461. The number of hydrogen-bond donors (Lipinski definition) is 1. The van der Waals surface area contributed by atoms with Crippen LogP contribution in [0.5, 0.6) is 0 Å². The Morgan fingerprint density at radius 2 is 2.00 bits per heavy atom. The van der Waals surface area contributed by atoms with E-state index in [9.17, 15) is 0 Å². The predicted octanol–water partition coefficient (Wildman–Crippen LogP) is 2.17. The maximum absolute atomic E-state index is 3.83. The van der Waals surface area contributed by atoms with E-state index in [1.807, 2.05) is 6.08 Å². The van der Waals surface area contributed by atoms with Gasteiger partial charge in [0.05, 0.1) is 0 Å². The Balaban J connectivity index is 1.48. The van der Waals surface area contributed by atoms with Gasteiger partial charge < -0.3 is 5.32 Å². The van der Waals surface area contributed by atoms with Gasteiger partial charge in [-0.2, -0.15) is 0 Å². The second kappa shape index (κ2) is 5.66. The van der Waals surface area contributed by atoms with E-state index >= 15 is 0 Å². The Labute approximate surface area is 93.7 Å². The van der Waals surface area contributed by atoms with Crippen LogP contribution >= 0.6 is 0 Å². The summed E-state index contributed by atoms with van der Waals surface area (Å²) >= 11 is 0. The number of nitrogens with one attached hydrogen (secondary N) is 1. The monoisotopic (exact) mass is 208 g/mol. The molecule has 2 fully saturated rings. The maximum Gasteiger partial charge on any atom is 0.0163 e. The van der Waals surface area contributed by atoms with Gasteiger partial charge in [0.1, 0.15) is 0 Å². The van der Waals surface area contributed by atoms with Crippen molar-refractivity contribution in [3.63, 3.8) is 0 Å². The number of nitrogens with zero attached hydrogens (tertiary/aromatic N) is 1. The molecule has 0 saturated heterocycles. The fraction of sp³-hybridized carbons (Fsp3) is 0.846. The first-order valence-corrected chi connectivity index (χ1v) is 6.48. The highest BCUT2D eigenvalue weighted by Crippen LogP contribution is 2.26. The Kier molecular flexibility index (Phi) is 4.21. The SMILES string of the molecule is C=CCN(CCCCNC1CC1)C1CC1. The van der Waals surface area contributed by atoms with Crippen molar-refractivity contribution in [3.05, 3.63) is 12.7 Å². The molecular weight excluding hydrogens is 184 g/mol. The molecule has 0 heterocycles. The fourth-order valence-electron chi connectivity index (χ4n) is 2.06. The topological polar surface area (TPSA) is 15.3 Å². The summed E-state index contributed by atoms with van der Waals surface area (Å²) in [7, 11) is 0. The molecule has 86 valence electrons. The summed E-state index contributed by atoms with van der Waals surface area (Å²) in [6, 6.07) is 1.76. The van der Waals surface area contributed by atoms with Gasteiger partial charge >= 0.3 is 0 Å². The second-order valence-electron chi connectivity index (χ2n) is 4.95. The largest absolute Gasteiger partial charge is 0.314 e. The standard InChI is InChI=1S/C13H24N2/c1-2-10-15(13-7-8-13)11-4-3-9-14-12-5-6-12/h2,12-14H,1,3-11H2. The van der Waals surface area contributed by atoms with Crippen molar-refractivity contribution in [2.24, 2.45) is 0 Å². The zero-order valence-corrected chi connectivity index (χ0v) is 9.75. The van der Waals surface area contributed by atoms with E-state index in [-0.39, 0.29) is 0 Å². The van der Waals surface area contributed by atoms with E-state index in [4.69, 9.17) is 0 Å². The molecule has 15 heavy (non-hydrogen) atoms. The van der Waals surface area contributed by atoms with Crippen LogP contribution in [0.15, 0.2) is 12.7 Å². The first-order valence-electron chi connectivity index (χ1n) is 6.48. The molecule has 0 aromatic rings. The molecule has 2 rings (SSSR count). The molecule has 2 heteroatoms. The Bertz CT molecular complexity index is 195. The Morgan fingerprint density at radius 1 is 1.20 bits per heavy atom. The zero-order valence-electron chi connectivity index (χ0n) is 9.75. The molecule has 0 unspecified atom stereocenters. The van der Waals surface area contributed by atoms with E-state index in [0.29, 0.717) is 0 Å². The highest BCUT2D eigenvalue weighted by molar-refractivity contribution is 4.88. The van der Waals surface area contributed by atoms with Crippen LogP contribution in [0.3, 0.4) is 0 Å². The lowest BCUT2D eigenvalue weighted by Crippen LogP contribution is -2.28. The molecule has 0 radical (unpaired) electrons. The lowest BCUT2D eigenvalue weighted by Gasteiger charge is -2.19. The number of rotatable bonds is 9. The smallest absolute Gasteiger partial charge is 0.0163 e. The van der Waals surface area contributed by atoms with Gasteiger partial charge in [0.2, 0.25) is 0 Å². The lowest BCUT2D eigenvalue weighted by atomic mass is 10.2. The van der Waals surface area contributed by atoms with Crippen molar-refractivity contribution in [2.45, 2.75) is 50.6 Å². The maximum atomic E-state index is 3.83. The van der Waals surface area contributed by atoms with Crippen molar-refractivity contribution in [1.82, 2.24) is 10.2 Å². The minimum atomic E-state index is 0.873. The lowest BCUT2D eigenvalue weighted by molar-refractivity contribution is 0.285. The third kappa shape index (κ3) is 4.35. The summed E-state index contributed by atoms with van der Waals surface area (Å²) in [4.78, 5) is 2.59. The van der Waals surface area contributed by atoms with Crippen LogP contribution in [0.4, 0.5) is 0 Å². The van der Waals surface area contributed by atoms with E-state index in [2.05, 4.69) is 16.8 Å². The average Bonchev–Trinajstić information content (AvgIpc) is 3.08. The third-order valence-electron chi connectivity index (χ3n) is 3.31. The zero-order chi connectivity index (χ0) is 10.5. The van der Waals surface area contributed by atoms with Crippen molar-refractivity contribution < 1.29 is 0 Å². The molecule has 0 bridgehead atoms. The van der Waals surface area contributed by atoms with Crippen LogP contribution in [0.25, 0.3) is 0 Å². The molecule has 0 aromatic carbocycles. The highest BCUT2D eigenvalue weighted by Gasteiger charge is 2.27. The normalized spacial score (nSPS) is 20.9. The molecule has 2 saturated carbocycles. The van der Waals surface area contributed by atoms with Crippen LogP contribution in [0.2, 0.25) is 0 Å². The predicted molar refractivity (Wildman–Crippen MR) is 65.1 cm³/mol. The van der Waals surface area contributed by atoms with Crippen LogP contribution in [-0.4, -0.2) is 36.6 Å². The third-order valence-corrected chi connectivity index (χ3v) is 3.31. The van der Waals surface area contributed by atoms with Crippen LogP contribution < -0.4 is 5.32 Å². The summed E-state index contributed by atoms with van der Waals surface area (Å²) in [5.74, 6) is 0. The highest BCUT2D eigenvalue weighted by atomic mass is 15.2. The van der Waals surface area contributed by atoms with Gasteiger partial charge in [0.15, 0.2) is 0 Å². The number of hydrogen-bond acceptors (Lipinski definition) is 2. The first-order chi connectivity index (χ1) is 7.40. The molecule has 1 N–H and O–H groups in total. The molecule has 0 aromatic heterocycles. The Hall–Kier alpha value is -0.340. The van der Waals surface area contributed by atoms with Gasteiger partial charge in [0, 0.05) is 18.6 Å². The summed E-state index contributed by atoms with van der Waals surface area (Å²) in [6.45, 7) is 7.40. The molecule has 0 atom stereocenters. The first kappa shape index (κ1) is 11.2. The summed E-state index contributed by atoms with van der Waals surface area (Å²) in [5.41, 5.74) is 0. The van der Waals surface area contributed by atoms with Crippen molar-refractivity contribution in [3.8, 4) is 0 Å². The van der Waals surface area contributed by atoms with Crippen LogP contribution in [0, 0.1) is 0 Å². The fourth-order valence-corrected chi connectivity index (χ4v) is 2.06. The van der Waals surface area contributed by atoms with Crippen LogP contribution in [0.1, 0.15) is 38.5 Å². The van der Waals surface area contributed by atoms with Crippen molar-refractivity contribution in [1.29, 1.82) is 0 Å². The summed E-state index contributed by atoms with van der Waals surface area (Å²) in [6.07, 6.45) is 10.3. The molecule has 0 spiro atoms. The molecule has 2 aliphatic carbocycles. The van der Waals surface area contributed by atoms with Gasteiger partial charge in [-0.05, 0) is 51.6 Å². The minimum absolute atomic E-state index is 0.873. The van der Waals surface area contributed by atoms with Crippen LogP contribution in [-0.2, 0) is 0 Å². The van der Waals surface area contributed by atoms with Gasteiger partial charge in [0.25, 0.3) is 0 Å². The van der Waals surface area contributed by atoms with Gasteiger partial charge in [-0.1, -0.05) is 6.08 Å². The van der Waals surface area contributed by atoms with E-state index in [0.717, 1.165) is 18.6 Å². The van der Waals surface area contributed by atoms with Gasteiger partial charge in [-0.15, -0.1) is 6.58 Å². The van der Waals surface area contributed by atoms with E-state index in [1.54, 1.807) is 0 Å². The average molecular weight is 208 g/mol. The molecule has 0 amide bonds. The van der Waals surface area contributed by atoms with E-state index in [1.165, 1.54) is 51.6 Å². The van der Waals surface area contributed by atoms with Crippen molar-refractivity contribution in [2.75, 3.05) is 19.6 Å². The molecule has 2 aliphatic rings. The molecule has 2 nitrogen and oxygen atoms in total. The summed E-state index contributed by atoms with van der Waals surface area (Å²) in [5, 5.41) is 3.57. The summed E-state index contributed by atoms with van der Waals surface area (Å²) < 4.78 is 0. The molecular formula is C13H24N2. The van der Waals surface area contributed by atoms with Gasteiger partial charge in [-0.25, -0.2) is 0 Å². The number of unbranched alkanes of at least 4 members (excludes halogenated alkanes) is 1. The minimum Gasteiger partial charge on any atom is -0.314 e. The van der Waals surface area contributed by atoms with Gasteiger partial charge in [-0.3, -0.25) is 4.90 Å².